The van der Waals surface area contributed by atoms with Crippen molar-refractivity contribution in [1.82, 2.24) is 10.3 Å². The van der Waals surface area contributed by atoms with Gasteiger partial charge in [0.15, 0.2) is 0 Å². The molecule has 112 valence electrons. The predicted octanol–water partition coefficient (Wildman–Crippen LogP) is 2.49. The molecule has 2 unspecified atom stereocenters. The van der Waals surface area contributed by atoms with Gasteiger partial charge in [-0.25, -0.2) is 0 Å². The molecule has 2 rings (SSSR count). The number of nitrogens with one attached hydrogen (secondary N) is 1. The van der Waals surface area contributed by atoms with Crippen molar-refractivity contribution in [2.75, 3.05) is 19.7 Å². The first kappa shape index (κ1) is 15.3. The summed E-state index contributed by atoms with van der Waals surface area (Å²) >= 11 is 0. The van der Waals surface area contributed by atoms with Crippen molar-refractivity contribution in [1.29, 1.82) is 0 Å². The molecule has 4 heteroatoms. The maximum Gasteiger partial charge on any atom is 0.141 e. The van der Waals surface area contributed by atoms with Crippen LogP contribution in [0.2, 0.25) is 0 Å². The highest BCUT2D eigenvalue weighted by molar-refractivity contribution is 5.29. The number of hydrogen-bond donors (Lipinski definition) is 1. The van der Waals surface area contributed by atoms with Crippen LogP contribution < -0.4 is 10.1 Å². The molecular weight excluding hydrogens is 252 g/mol. The van der Waals surface area contributed by atoms with E-state index < -0.39 is 0 Å². The number of hydrogen-bond acceptors (Lipinski definition) is 4. The molecule has 0 saturated carbocycles. The normalized spacial score (nSPS) is 20.1. The van der Waals surface area contributed by atoms with Crippen molar-refractivity contribution < 1.29 is 9.47 Å². The van der Waals surface area contributed by atoms with E-state index >= 15 is 0 Å². The van der Waals surface area contributed by atoms with E-state index in [-0.39, 0.29) is 6.10 Å². The molecule has 1 aromatic heterocycles. The van der Waals surface area contributed by atoms with Crippen molar-refractivity contribution in [3.05, 3.63) is 23.5 Å². The number of nitrogens with zero attached hydrogens (tertiary/aromatic N) is 1. The van der Waals surface area contributed by atoms with E-state index in [0.29, 0.717) is 6.10 Å². The standard InChI is InChI=1S/C16H26N2O2/c1-4-15-16(8-7-12(2)18-15)20-13(3)10-17-11-14-6-5-9-19-14/h7-8,13-14,17H,4-6,9-11H2,1-3H3. The molecule has 2 heterocycles. The summed E-state index contributed by atoms with van der Waals surface area (Å²) in [5.41, 5.74) is 2.08. The fraction of sp³-hybridized carbons (Fsp3) is 0.688. The van der Waals surface area contributed by atoms with E-state index in [9.17, 15) is 0 Å². The lowest BCUT2D eigenvalue weighted by atomic mass is 10.2. The monoisotopic (exact) mass is 278 g/mol. The van der Waals surface area contributed by atoms with Crippen molar-refractivity contribution >= 4 is 0 Å². The summed E-state index contributed by atoms with van der Waals surface area (Å²) in [5, 5.41) is 3.43. The Bertz CT molecular complexity index is 417. The molecule has 1 saturated heterocycles. The number of aromatic nitrogens is 1. The van der Waals surface area contributed by atoms with Gasteiger partial charge in [0.25, 0.3) is 0 Å². The second-order valence-corrected chi connectivity index (χ2v) is 5.47. The minimum atomic E-state index is 0.131. The Kier molecular flexibility index (Phi) is 5.80. The minimum absolute atomic E-state index is 0.131. The SMILES string of the molecule is CCc1nc(C)ccc1OC(C)CNCC1CCCO1. The van der Waals surface area contributed by atoms with Crippen LogP contribution in [-0.4, -0.2) is 36.9 Å². The van der Waals surface area contributed by atoms with Crippen molar-refractivity contribution in [3.8, 4) is 5.75 Å². The molecule has 0 aliphatic carbocycles. The number of aryl methyl sites for hydroxylation is 2. The highest BCUT2D eigenvalue weighted by Crippen LogP contribution is 2.18. The van der Waals surface area contributed by atoms with E-state index in [1.165, 1.54) is 12.8 Å². The van der Waals surface area contributed by atoms with Crippen molar-refractivity contribution in [2.24, 2.45) is 0 Å². The molecular formula is C16H26N2O2. The summed E-state index contributed by atoms with van der Waals surface area (Å²) < 4.78 is 11.6. The van der Waals surface area contributed by atoms with Gasteiger partial charge in [0.05, 0.1) is 11.8 Å². The summed E-state index contributed by atoms with van der Waals surface area (Å²) in [6, 6.07) is 4.03. The van der Waals surface area contributed by atoms with Gasteiger partial charge in [-0.2, -0.15) is 0 Å². The van der Waals surface area contributed by atoms with Crippen molar-refractivity contribution in [3.63, 3.8) is 0 Å². The zero-order chi connectivity index (χ0) is 14.4. The van der Waals surface area contributed by atoms with Crippen molar-refractivity contribution in [2.45, 2.75) is 52.2 Å². The van der Waals surface area contributed by atoms with Crippen LogP contribution in [0.15, 0.2) is 12.1 Å². The zero-order valence-electron chi connectivity index (χ0n) is 12.8. The van der Waals surface area contributed by atoms with Crippen LogP contribution in [0.4, 0.5) is 0 Å². The molecule has 1 fully saturated rings. The Balaban J connectivity index is 1.77. The van der Waals surface area contributed by atoms with Crippen LogP contribution in [0, 0.1) is 6.92 Å². The van der Waals surface area contributed by atoms with Crippen LogP contribution >= 0.6 is 0 Å². The Labute approximate surface area is 121 Å². The first-order valence-corrected chi connectivity index (χ1v) is 7.64. The van der Waals surface area contributed by atoms with E-state index in [2.05, 4.69) is 24.1 Å². The molecule has 1 aromatic rings. The lowest BCUT2D eigenvalue weighted by molar-refractivity contribution is 0.106. The van der Waals surface area contributed by atoms with Gasteiger partial charge < -0.3 is 14.8 Å². The first-order valence-electron chi connectivity index (χ1n) is 7.64. The van der Waals surface area contributed by atoms with Crippen LogP contribution in [0.5, 0.6) is 5.75 Å². The lowest BCUT2D eigenvalue weighted by Crippen LogP contribution is -2.34. The van der Waals surface area contributed by atoms with E-state index in [0.717, 1.165) is 43.3 Å². The fourth-order valence-electron chi connectivity index (χ4n) is 2.47. The average molecular weight is 278 g/mol. The molecule has 1 aliphatic rings. The predicted molar refractivity (Wildman–Crippen MR) is 80.3 cm³/mol. The summed E-state index contributed by atoms with van der Waals surface area (Å²) in [6.45, 7) is 8.86. The van der Waals surface area contributed by atoms with Crippen LogP contribution in [0.25, 0.3) is 0 Å². The van der Waals surface area contributed by atoms with Gasteiger partial charge in [-0.3, -0.25) is 4.98 Å². The number of rotatable bonds is 7. The summed E-state index contributed by atoms with van der Waals surface area (Å²) in [5.74, 6) is 0.907. The zero-order valence-corrected chi connectivity index (χ0v) is 12.8. The fourth-order valence-corrected chi connectivity index (χ4v) is 2.47. The highest BCUT2D eigenvalue weighted by Gasteiger charge is 2.15. The lowest BCUT2D eigenvalue weighted by Gasteiger charge is -2.18. The third-order valence-electron chi connectivity index (χ3n) is 3.56. The third kappa shape index (κ3) is 4.46. The Morgan fingerprint density at radius 1 is 1.50 bits per heavy atom. The van der Waals surface area contributed by atoms with Gasteiger partial charge in [-0.1, -0.05) is 6.92 Å². The van der Waals surface area contributed by atoms with Gasteiger partial charge >= 0.3 is 0 Å². The maximum atomic E-state index is 5.99. The van der Waals surface area contributed by atoms with Crippen LogP contribution in [-0.2, 0) is 11.2 Å². The molecule has 4 nitrogen and oxygen atoms in total. The maximum absolute atomic E-state index is 5.99. The van der Waals surface area contributed by atoms with Crippen LogP contribution in [0.1, 0.15) is 38.1 Å². The minimum Gasteiger partial charge on any atom is -0.487 e. The highest BCUT2D eigenvalue weighted by atomic mass is 16.5. The molecule has 0 spiro atoms. The quantitative estimate of drug-likeness (QED) is 0.832. The van der Waals surface area contributed by atoms with Gasteiger partial charge in [-0.05, 0) is 45.2 Å². The molecule has 0 bridgehead atoms. The van der Waals surface area contributed by atoms with E-state index in [1.807, 2.05) is 19.1 Å². The molecule has 2 atom stereocenters. The summed E-state index contributed by atoms with van der Waals surface area (Å²) in [7, 11) is 0. The Morgan fingerprint density at radius 2 is 2.35 bits per heavy atom. The molecule has 0 radical (unpaired) electrons. The van der Waals surface area contributed by atoms with E-state index in [1.54, 1.807) is 0 Å². The van der Waals surface area contributed by atoms with Crippen LogP contribution in [0.3, 0.4) is 0 Å². The number of ether oxygens (including phenoxy) is 2. The molecule has 0 amide bonds. The second kappa shape index (κ2) is 7.60. The van der Waals surface area contributed by atoms with Gasteiger partial charge in [0.1, 0.15) is 11.9 Å². The topological polar surface area (TPSA) is 43.4 Å². The van der Waals surface area contributed by atoms with Gasteiger partial charge in [-0.15, -0.1) is 0 Å². The van der Waals surface area contributed by atoms with Gasteiger partial charge in [0, 0.05) is 25.4 Å². The Hall–Kier alpha value is -1.13. The summed E-state index contributed by atoms with van der Waals surface area (Å²) in [4.78, 5) is 4.52. The molecule has 20 heavy (non-hydrogen) atoms. The number of pyridine rings is 1. The third-order valence-corrected chi connectivity index (χ3v) is 3.56. The summed E-state index contributed by atoms with van der Waals surface area (Å²) in [6.07, 6.45) is 3.77. The van der Waals surface area contributed by atoms with Gasteiger partial charge in [0.2, 0.25) is 0 Å². The first-order chi connectivity index (χ1) is 9.69. The largest absolute Gasteiger partial charge is 0.487 e. The average Bonchev–Trinajstić information content (AvgIpc) is 2.94. The molecule has 1 aliphatic heterocycles. The van der Waals surface area contributed by atoms with E-state index in [4.69, 9.17) is 9.47 Å². The Morgan fingerprint density at radius 3 is 3.05 bits per heavy atom. The molecule has 1 N–H and O–H groups in total. The smallest absolute Gasteiger partial charge is 0.141 e. The molecule has 0 aromatic carbocycles. The second-order valence-electron chi connectivity index (χ2n) is 5.47.